The molecule has 96 valence electrons. The fourth-order valence-electron chi connectivity index (χ4n) is 2.59. The number of fused-ring (bicyclic) bond motifs is 2. The number of anilines is 1. The molecule has 0 spiro atoms. The Morgan fingerprint density at radius 1 is 1.05 bits per heavy atom. The first-order valence-corrected chi connectivity index (χ1v) is 5.99. The van der Waals surface area contributed by atoms with Crippen molar-refractivity contribution >= 4 is 27.5 Å². The Balaban J connectivity index is 2.70. The SMILES string of the molecule is COc1cccc2c(=O)c3cccc(N)c3n(C)c12. The first-order chi connectivity index (χ1) is 9.15. The Bertz CT molecular complexity index is 850. The van der Waals surface area contributed by atoms with Crippen molar-refractivity contribution in [2.45, 2.75) is 0 Å². The number of aryl methyl sites for hydroxylation is 1. The molecule has 0 saturated heterocycles. The number of nitrogen functional groups attached to an aromatic ring is 1. The monoisotopic (exact) mass is 254 g/mol. The van der Waals surface area contributed by atoms with Gasteiger partial charge in [-0.05, 0) is 24.3 Å². The third-order valence-corrected chi connectivity index (χ3v) is 3.45. The molecule has 0 unspecified atom stereocenters. The van der Waals surface area contributed by atoms with E-state index in [2.05, 4.69) is 0 Å². The number of rotatable bonds is 1. The lowest BCUT2D eigenvalue weighted by Crippen LogP contribution is -2.11. The first-order valence-electron chi connectivity index (χ1n) is 5.99. The van der Waals surface area contributed by atoms with E-state index in [0.717, 1.165) is 11.0 Å². The van der Waals surface area contributed by atoms with E-state index >= 15 is 0 Å². The van der Waals surface area contributed by atoms with E-state index < -0.39 is 0 Å². The Labute approximate surface area is 110 Å². The molecule has 0 aliphatic carbocycles. The maximum Gasteiger partial charge on any atom is 0.197 e. The summed E-state index contributed by atoms with van der Waals surface area (Å²) in [6.45, 7) is 0. The highest BCUT2D eigenvalue weighted by Crippen LogP contribution is 2.28. The van der Waals surface area contributed by atoms with Gasteiger partial charge in [0.1, 0.15) is 5.75 Å². The number of ether oxygens (including phenoxy) is 1. The lowest BCUT2D eigenvalue weighted by molar-refractivity contribution is 0.418. The highest BCUT2D eigenvalue weighted by molar-refractivity contribution is 6.00. The van der Waals surface area contributed by atoms with E-state index in [1.807, 2.05) is 29.8 Å². The lowest BCUT2D eigenvalue weighted by atomic mass is 10.1. The van der Waals surface area contributed by atoms with Gasteiger partial charge < -0.3 is 15.0 Å². The molecule has 0 radical (unpaired) electrons. The molecule has 0 amide bonds. The van der Waals surface area contributed by atoms with Crippen molar-refractivity contribution in [3.63, 3.8) is 0 Å². The van der Waals surface area contributed by atoms with Gasteiger partial charge in [0.2, 0.25) is 0 Å². The van der Waals surface area contributed by atoms with Gasteiger partial charge in [0.15, 0.2) is 5.43 Å². The van der Waals surface area contributed by atoms with Crippen LogP contribution in [-0.2, 0) is 7.05 Å². The number of nitrogens with two attached hydrogens (primary N) is 1. The van der Waals surface area contributed by atoms with Crippen LogP contribution >= 0.6 is 0 Å². The van der Waals surface area contributed by atoms with Gasteiger partial charge in [-0.3, -0.25) is 4.79 Å². The molecule has 3 rings (SSSR count). The van der Waals surface area contributed by atoms with E-state index in [1.54, 1.807) is 25.3 Å². The van der Waals surface area contributed by atoms with E-state index in [1.165, 1.54) is 0 Å². The van der Waals surface area contributed by atoms with Crippen LogP contribution in [0.15, 0.2) is 41.2 Å². The third kappa shape index (κ3) is 1.50. The molecule has 19 heavy (non-hydrogen) atoms. The van der Waals surface area contributed by atoms with E-state index in [-0.39, 0.29) is 5.43 Å². The molecule has 3 aromatic rings. The molecule has 2 aromatic carbocycles. The standard InChI is InChI=1S/C15H14N2O2/c1-17-13-9(5-3-7-11(13)16)15(18)10-6-4-8-12(19-2)14(10)17/h3-8H,16H2,1-2H3. The van der Waals surface area contributed by atoms with Crippen LogP contribution in [0.5, 0.6) is 5.75 Å². The summed E-state index contributed by atoms with van der Waals surface area (Å²) in [6, 6.07) is 10.9. The second-order valence-electron chi connectivity index (χ2n) is 4.49. The summed E-state index contributed by atoms with van der Waals surface area (Å²) in [6.07, 6.45) is 0. The highest BCUT2D eigenvalue weighted by atomic mass is 16.5. The molecule has 1 aromatic heterocycles. The molecule has 0 saturated carbocycles. The molecular formula is C15H14N2O2. The summed E-state index contributed by atoms with van der Waals surface area (Å²) in [5.41, 5.74) is 8.08. The van der Waals surface area contributed by atoms with Crippen LogP contribution < -0.4 is 15.9 Å². The van der Waals surface area contributed by atoms with Crippen LogP contribution in [0.3, 0.4) is 0 Å². The maximum absolute atomic E-state index is 12.5. The van der Waals surface area contributed by atoms with Gasteiger partial charge in [0.25, 0.3) is 0 Å². The fourth-order valence-corrected chi connectivity index (χ4v) is 2.59. The van der Waals surface area contributed by atoms with Crippen LogP contribution in [0, 0.1) is 0 Å². The zero-order chi connectivity index (χ0) is 13.6. The fraction of sp³-hybridized carbons (Fsp3) is 0.133. The smallest absolute Gasteiger partial charge is 0.197 e. The van der Waals surface area contributed by atoms with Crippen LogP contribution in [0.4, 0.5) is 5.69 Å². The number of benzene rings is 2. The molecule has 0 fully saturated rings. The molecule has 1 heterocycles. The number of pyridine rings is 1. The molecule has 0 aliphatic rings. The summed E-state index contributed by atoms with van der Waals surface area (Å²) >= 11 is 0. The minimum absolute atomic E-state index is 0.0192. The van der Waals surface area contributed by atoms with E-state index in [9.17, 15) is 4.79 Å². The van der Waals surface area contributed by atoms with E-state index in [4.69, 9.17) is 10.5 Å². The van der Waals surface area contributed by atoms with Crippen molar-refractivity contribution in [3.8, 4) is 5.75 Å². The Hall–Kier alpha value is -2.49. The minimum Gasteiger partial charge on any atom is -0.495 e. The average molecular weight is 254 g/mol. The van der Waals surface area contributed by atoms with Crippen molar-refractivity contribution in [2.75, 3.05) is 12.8 Å². The summed E-state index contributed by atoms with van der Waals surface area (Å²) in [7, 11) is 3.49. The largest absolute Gasteiger partial charge is 0.495 e. The van der Waals surface area contributed by atoms with Crippen molar-refractivity contribution in [1.82, 2.24) is 4.57 Å². The van der Waals surface area contributed by atoms with Gasteiger partial charge >= 0.3 is 0 Å². The summed E-state index contributed by atoms with van der Waals surface area (Å²) in [5.74, 6) is 0.669. The van der Waals surface area contributed by atoms with Gasteiger partial charge in [0.05, 0.1) is 29.2 Å². The number of hydrogen-bond acceptors (Lipinski definition) is 3. The molecule has 0 aliphatic heterocycles. The van der Waals surface area contributed by atoms with Gasteiger partial charge in [-0.1, -0.05) is 12.1 Å². The van der Waals surface area contributed by atoms with Crippen molar-refractivity contribution in [3.05, 3.63) is 46.6 Å². The quantitative estimate of drug-likeness (QED) is 0.535. The number of methoxy groups -OCH3 is 1. The predicted molar refractivity (Wildman–Crippen MR) is 77.7 cm³/mol. The average Bonchev–Trinajstić information content (AvgIpc) is 2.43. The minimum atomic E-state index is -0.0192. The predicted octanol–water partition coefficient (Wildman–Crippen LogP) is 2.28. The normalized spacial score (nSPS) is 11.1. The number of nitrogens with zero attached hydrogens (tertiary/aromatic N) is 1. The van der Waals surface area contributed by atoms with Crippen LogP contribution in [0.25, 0.3) is 21.8 Å². The molecule has 4 nitrogen and oxygen atoms in total. The van der Waals surface area contributed by atoms with Crippen molar-refractivity contribution in [2.24, 2.45) is 7.05 Å². The zero-order valence-corrected chi connectivity index (χ0v) is 10.8. The van der Waals surface area contributed by atoms with Crippen LogP contribution in [0.1, 0.15) is 0 Å². The number of hydrogen-bond donors (Lipinski definition) is 1. The van der Waals surface area contributed by atoms with Crippen LogP contribution in [0.2, 0.25) is 0 Å². The van der Waals surface area contributed by atoms with Gasteiger partial charge in [-0.25, -0.2) is 0 Å². The van der Waals surface area contributed by atoms with Crippen molar-refractivity contribution < 1.29 is 4.74 Å². The van der Waals surface area contributed by atoms with E-state index in [0.29, 0.717) is 22.2 Å². The lowest BCUT2D eigenvalue weighted by Gasteiger charge is -2.14. The molecule has 0 bridgehead atoms. The van der Waals surface area contributed by atoms with Gasteiger partial charge in [0, 0.05) is 12.4 Å². The Morgan fingerprint density at radius 2 is 1.68 bits per heavy atom. The summed E-state index contributed by atoms with van der Waals surface area (Å²) in [5, 5.41) is 1.27. The molecule has 0 atom stereocenters. The molecule has 4 heteroatoms. The van der Waals surface area contributed by atoms with Gasteiger partial charge in [-0.2, -0.15) is 0 Å². The molecular weight excluding hydrogens is 240 g/mol. The Morgan fingerprint density at radius 3 is 2.37 bits per heavy atom. The summed E-state index contributed by atoms with van der Waals surface area (Å²) in [4.78, 5) is 12.5. The topological polar surface area (TPSA) is 57.2 Å². The maximum atomic E-state index is 12.5. The zero-order valence-electron chi connectivity index (χ0n) is 10.8. The Kier molecular flexibility index (Phi) is 2.45. The number of para-hydroxylation sites is 2. The molecule has 2 N–H and O–H groups in total. The van der Waals surface area contributed by atoms with Crippen molar-refractivity contribution in [1.29, 1.82) is 0 Å². The summed E-state index contributed by atoms with van der Waals surface area (Å²) < 4.78 is 7.27. The third-order valence-electron chi connectivity index (χ3n) is 3.45. The second-order valence-corrected chi connectivity index (χ2v) is 4.49. The number of aromatic nitrogens is 1. The second kappa shape index (κ2) is 4.02. The van der Waals surface area contributed by atoms with Crippen LogP contribution in [-0.4, -0.2) is 11.7 Å². The first kappa shape index (κ1) is 11.6. The van der Waals surface area contributed by atoms with Gasteiger partial charge in [-0.15, -0.1) is 0 Å². The highest BCUT2D eigenvalue weighted by Gasteiger charge is 2.13.